The van der Waals surface area contributed by atoms with E-state index in [1.165, 1.54) is 6.20 Å². The molecule has 5 nitrogen and oxygen atoms in total. The number of amides is 1. The Morgan fingerprint density at radius 3 is 3.00 bits per heavy atom. The molecule has 1 amide bonds. The predicted octanol–water partition coefficient (Wildman–Crippen LogP) is 2.85. The molecule has 1 aromatic carbocycles. The van der Waals surface area contributed by atoms with Crippen molar-refractivity contribution in [2.45, 2.75) is 6.92 Å². The van der Waals surface area contributed by atoms with E-state index in [1.807, 2.05) is 25.1 Å². The van der Waals surface area contributed by atoms with Crippen LogP contribution in [-0.2, 0) is 0 Å². The van der Waals surface area contributed by atoms with Gasteiger partial charge in [-0.25, -0.2) is 5.43 Å². The highest BCUT2D eigenvalue weighted by Crippen LogP contribution is 2.21. The van der Waals surface area contributed by atoms with Crippen LogP contribution < -0.4 is 10.2 Å². The van der Waals surface area contributed by atoms with Crippen LogP contribution in [0.1, 0.15) is 22.8 Å². The molecular weight excluding hydrogens is 381 g/mol. The van der Waals surface area contributed by atoms with Crippen LogP contribution in [0.15, 0.2) is 47.8 Å². The van der Waals surface area contributed by atoms with Crippen molar-refractivity contribution in [2.24, 2.45) is 5.10 Å². The molecule has 0 saturated carbocycles. The molecule has 0 aliphatic carbocycles. The minimum atomic E-state index is -0.292. The lowest BCUT2D eigenvalue weighted by Gasteiger charge is -2.05. The summed E-state index contributed by atoms with van der Waals surface area (Å²) in [5.74, 6) is 0.551. The third-order valence-electron chi connectivity index (χ3n) is 2.56. The largest absolute Gasteiger partial charge is 0.493 e. The van der Waals surface area contributed by atoms with Gasteiger partial charge in [0.05, 0.1) is 22.0 Å². The number of hydrogen-bond donors (Lipinski definition) is 1. The average molecular weight is 395 g/mol. The number of benzene rings is 1. The Balaban J connectivity index is 1.98. The van der Waals surface area contributed by atoms with Gasteiger partial charge in [-0.05, 0) is 65.4 Å². The van der Waals surface area contributed by atoms with Gasteiger partial charge in [0.2, 0.25) is 0 Å². The van der Waals surface area contributed by atoms with Crippen molar-refractivity contribution < 1.29 is 9.53 Å². The van der Waals surface area contributed by atoms with Gasteiger partial charge in [-0.2, -0.15) is 5.10 Å². The molecular formula is C15H14IN3O2. The molecule has 0 fully saturated rings. The second-order valence-electron chi connectivity index (χ2n) is 4.06. The molecule has 1 heterocycles. The Labute approximate surface area is 136 Å². The van der Waals surface area contributed by atoms with Crippen molar-refractivity contribution in [2.75, 3.05) is 6.61 Å². The molecule has 0 unspecified atom stereocenters. The second kappa shape index (κ2) is 7.72. The van der Waals surface area contributed by atoms with Gasteiger partial charge in [-0.1, -0.05) is 0 Å². The van der Waals surface area contributed by atoms with Crippen LogP contribution in [-0.4, -0.2) is 23.7 Å². The number of hydrazone groups is 1. The molecule has 2 aromatic rings. The molecule has 0 radical (unpaired) electrons. The number of ether oxygens (including phenoxy) is 1. The van der Waals surface area contributed by atoms with Crippen LogP contribution in [0.2, 0.25) is 0 Å². The van der Waals surface area contributed by atoms with Crippen molar-refractivity contribution in [3.63, 3.8) is 0 Å². The van der Waals surface area contributed by atoms with Gasteiger partial charge in [0.25, 0.3) is 5.91 Å². The highest BCUT2D eigenvalue weighted by molar-refractivity contribution is 14.1. The molecule has 0 aliphatic heterocycles. The van der Waals surface area contributed by atoms with Gasteiger partial charge in [0.1, 0.15) is 5.75 Å². The molecule has 108 valence electrons. The number of rotatable bonds is 5. The van der Waals surface area contributed by atoms with Crippen molar-refractivity contribution >= 4 is 34.7 Å². The number of carbonyl (C=O) groups excluding carboxylic acids is 1. The Hall–Kier alpha value is -1.96. The minimum Gasteiger partial charge on any atom is -0.493 e. The van der Waals surface area contributed by atoms with Crippen LogP contribution in [0.4, 0.5) is 0 Å². The fourth-order valence-corrected chi connectivity index (χ4v) is 2.29. The summed E-state index contributed by atoms with van der Waals surface area (Å²) in [7, 11) is 0. The van der Waals surface area contributed by atoms with Crippen LogP contribution in [0.25, 0.3) is 0 Å². The van der Waals surface area contributed by atoms with E-state index in [4.69, 9.17) is 4.74 Å². The van der Waals surface area contributed by atoms with E-state index >= 15 is 0 Å². The summed E-state index contributed by atoms with van der Waals surface area (Å²) in [4.78, 5) is 15.6. The number of hydrogen-bond acceptors (Lipinski definition) is 4. The van der Waals surface area contributed by atoms with Gasteiger partial charge in [-0.15, -0.1) is 0 Å². The molecule has 0 atom stereocenters. The second-order valence-corrected chi connectivity index (χ2v) is 5.23. The zero-order chi connectivity index (χ0) is 15.1. The summed E-state index contributed by atoms with van der Waals surface area (Å²) in [6.45, 7) is 2.57. The van der Waals surface area contributed by atoms with Crippen LogP contribution >= 0.6 is 22.6 Å². The van der Waals surface area contributed by atoms with Crippen molar-refractivity contribution in [1.29, 1.82) is 0 Å². The Bertz CT molecular complexity index is 645. The maximum atomic E-state index is 11.8. The molecule has 21 heavy (non-hydrogen) atoms. The number of pyridine rings is 1. The van der Waals surface area contributed by atoms with Gasteiger partial charge in [0.15, 0.2) is 0 Å². The monoisotopic (exact) mass is 395 g/mol. The van der Waals surface area contributed by atoms with E-state index in [1.54, 1.807) is 24.5 Å². The lowest BCUT2D eigenvalue weighted by atomic mass is 10.2. The van der Waals surface area contributed by atoms with E-state index in [0.717, 1.165) is 14.9 Å². The van der Waals surface area contributed by atoms with Crippen molar-refractivity contribution in [3.05, 3.63) is 57.4 Å². The zero-order valence-electron chi connectivity index (χ0n) is 11.4. The van der Waals surface area contributed by atoms with E-state index in [9.17, 15) is 4.79 Å². The van der Waals surface area contributed by atoms with Crippen molar-refractivity contribution in [1.82, 2.24) is 10.4 Å². The number of halogens is 1. The van der Waals surface area contributed by atoms with Gasteiger partial charge < -0.3 is 4.74 Å². The first-order valence-corrected chi connectivity index (χ1v) is 7.44. The molecule has 2 rings (SSSR count). The summed E-state index contributed by atoms with van der Waals surface area (Å²) >= 11 is 2.20. The maximum Gasteiger partial charge on any atom is 0.272 e. The Kier molecular flexibility index (Phi) is 5.68. The zero-order valence-corrected chi connectivity index (χ0v) is 13.6. The number of carbonyl (C=O) groups is 1. The average Bonchev–Trinajstić information content (AvgIpc) is 2.51. The third-order valence-corrected chi connectivity index (χ3v) is 3.40. The SMILES string of the molecule is CCOc1ccc(/C=N\NC(=O)c2cccnc2)cc1I. The van der Waals surface area contributed by atoms with E-state index < -0.39 is 0 Å². The van der Waals surface area contributed by atoms with Crippen molar-refractivity contribution in [3.8, 4) is 5.75 Å². The van der Waals surface area contributed by atoms with Gasteiger partial charge in [0, 0.05) is 12.4 Å². The van der Waals surface area contributed by atoms with E-state index in [0.29, 0.717) is 12.2 Å². The first-order valence-electron chi connectivity index (χ1n) is 6.36. The van der Waals surface area contributed by atoms with Gasteiger partial charge >= 0.3 is 0 Å². The Morgan fingerprint density at radius 1 is 1.48 bits per heavy atom. The summed E-state index contributed by atoms with van der Waals surface area (Å²) in [5.41, 5.74) is 3.82. The topological polar surface area (TPSA) is 63.6 Å². The smallest absolute Gasteiger partial charge is 0.272 e. The molecule has 0 aliphatic rings. The van der Waals surface area contributed by atoms with E-state index in [2.05, 4.69) is 38.1 Å². The molecule has 0 spiro atoms. The van der Waals surface area contributed by atoms with Gasteiger partial charge in [-0.3, -0.25) is 9.78 Å². The predicted molar refractivity (Wildman–Crippen MR) is 89.6 cm³/mol. The highest BCUT2D eigenvalue weighted by atomic mass is 127. The first-order chi connectivity index (χ1) is 10.2. The standard InChI is InChI=1S/C15H14IN3O2/c1-2-21-14-6-5-11(8-13(14)16)9-18-19-15(20)12-4-3-7-17-10-12/h3-10H,2H2,1H3,(H,19,20)/b18-9-. The fourth-order valence-electron chi connectivity index (χ4n) is 1.60. The highest BCUT2D eigenvalue weighted by Gasteiger charge is 2.03. The number of nitrogens with zero attached hydrogens (tertiary/aromatic N) is 2. The quantitative estimate of drug-likeness (QED) is 0.481. The summed E-state index contributed by atoms with van der Waals surface area (Å²) < 4.78 is 6.46. The minimum absolute atomic E-state index is 0.292. The molecule has 1 aromatic heterocycles. The van der Waals surface area contributed by atoms with Crippen LogP contribution in [0, 0.1) is 3.57 Å². The lowest BCUT2D eigenvalue weighted by molar-refractivity contribution is 0.0955. The molecule has 1 N–H and O–H groups in total. The number of aromatic nitrogens is 1. The van der Waals surface area contributed by atoms with Crippen LogP contribution in [0.5, 0.6) is 5.75 Å². The summed E-state index contributed by atoms with van der Waals surface area (Å²) in [6.07, 6.45) is 4.69. The summed E-state index contributed by atoms with van der Waals surface area (Å²) in [5, 5.41) is 3.94. The van der Waals surface area contributed by atoms with Crippen LogP contribution in [0.3, 0.4) is 0 Å². The molecule has 0 bridgehead atoms. The summed E-state index contributed by atoms with van der Waals surface area (Å²) in [6, 6.07) is 9.08. The fraction of sp³-hybridized carbons (Fsp3) is 0.133. The molecule has 0 saturated heterocycles. The molecule has 6 heteroatoms. The third kappa shape index (κ3) is 4.52. The Morgan fingerprint density at radius 2 is 2.33 bits per heavy atom. The normalized spacial score (nSPS) is 10.6. The maximum absolute atomic E-state index is 11.8. The lowest BCUT2D eigenvalue weighted by Crippen LogP contribution is -2.17. The van der Waals surface area contributed by atoms with E-state index in [-0.39, 0.29) is 5.91 Å². The number of nitrogens with one attached hydrogen (secondary N) is 1. The first kappa shape index (κ1) is 15.4.